The van der Waals surface area contributed by atoms with Crippen molar-refractivity contribution in [2.75, 3.05) is 46.0 Å². The third-order valence-corrected chi connectivity index (χ3v) is 4.68. The van der Waals surface area contributed by atoms with E-state index in [1.54, 1.807) is 0 Å². The maximum atomic E-state index is 5.89. The Labute approximate surface area is 143 Å². The van der Waals surface area contributed by atoms with Crippen LogP contribution in [0.5, 0.6) is 0 Å². The summed E-state index contributed by atoms with van der Waals surface area (Å²) in [4.78, 5) is 5.30. The lowest BCUT2D eigenvalue weighted by Gasteiger charge is -2.41. The first-order valence-corrected chi connectivity index (χ1v) is 9.34. The molecule has 2 unspecified atom stereocenters. The van der Waals surface area contributed by atoms with Gasteiger partial charge in [0.1, 0.15) is 0 Å². The van der Waals surface area contributed by atoms with Gasteiger partial charge in [0.25, 0.3) is 0 Å². The van der Waals surface area contributed by atoms with Gasteiger partial charge < -0.3 is 9.47 Å². The van der Waals surface area contributed by atoms with E-state index >= 15 is 0 Å². The summed E-state index contributed by atoms with van der Waals surface area (Å²) in [6.07, 6.45) is 2.70. The Bertz CT molecular complexity index is 345. The zero-order valence-corrected chi connectivity index (χ0v) is 16.2. The molecule has 2 fully saturated rings. The van der Waals surface area contributed by atoms with Gasteiger partial charge in [0.05, 0.1) is 25.4 Å². The number of fused-ring (bicyclic) bond motifs is 2. The third kappa shape index (κ3) is 6.69. The van der Waals surface area contributed by atoms with E-state index in [4.69, 9.17) is 9.47 Å². The van der Waals surface area contributed by atoms with Gasteiger partial charge in [-0.25, -0.2) is 0 Å². The summed E-state index contributed by atoms with van der Waals surface area (Å²) in [5.41, 5.74) is 0.246. The summed E-state index contributed by atoms with van der Waals surface area (Å²) in [6, 6.07) is 1.45. The van der Waals surface area contributed by atoms with Gasteiger partial charge in [0, 0.05) is 38.3 Å². The highest BCUT2D eigenvalue weighted by Gasteiger charge is 2.39. The monoisotopic (exact) mass is 326 g/mol. The van der Waals surface area contributed by atoms with Gasteiger partial charge in [-0.1, -0.05) is 20.8 Å². The van der Waals surface area contributed by atoms with Crippen molar-refractivity contribution < 1.29 is 9.47 Å². The predicted molar refractivity (Wildman–Crippen MR) is 95.9 cm³/mol. The largest absolute Gasteiger partial charge is 0.380 e. The van der Waals surface area contributed by atoms with Crippen LogP contribution in [-0.2, 0) is 9.47 Å². The van der Waals surface area contributed by atoms with Crippen molar-refractivity contribution in [3.63, 3.8) is 0 Å². The molecule has 2 atom stereocenters. The summed E-state index contributed by atoms with van der Waals surface area (Å²) >= 11 is 0. The molecular formula is C19H38N2O2. The molecule has 0 saturated carbocycles. The standard InChI is InChI=1S/C19H38N2O2/c1-18(2,3)15-22-11-10-21-16-7-8-17(21)14-20(13-16)9-12-23-19(4,5)6/h16-17H,7-15H2,1-6H3. The number of hydrogen-bond donors (Lipinski definition) is 0. The second kappa shape index (κ2) is 7.81. The van der Waals surface area contributed by atoms with Gasteiger partial charge >= 0.3 is 0 Å². The van der Waals surface area contributed by atoms with Crippen molar-refractivity contribution in [1.82, 2.24) is 9.80 Å². The lowest BCUT2D eigenvalue weighted by atomic mass is 9.99. The molecule has 136 valence electrons. The van der Waals surface area contributed by atoms with Crippen LogP contribution in [0.3, 0.4) is 0 Å². The van der Waals surface area contributed by atoms with Gasteiger partial charge in [-0.05, 0) is 39.0 Å². The van der Waals surface area contributed by atoms with E-state index in [-0.39, 0.29) is 11.0 Å². The summed E-state index contributed by atoms with van der Waals surface area (Å²) in [5.74, 6) is 0. The lowest BCUT2D eigenvalue weighted by molar-refractivity contribution is -0.0281. The van der Waals surface area contributed by atoms with E-state index in [1.807, 2.05) is 0 Å². The Hall–Kier alpha value is -0.160. The summed E-state index contributed by atoms with van der Waals surface area (Å²) in [7, 11) is 0. The summed E-state index contributed by atoms with van der Waals surface area (Å²) in [5, 5.41) is 0. The first kappa shape index (κ1) is 19.2. The number of hydrogen-bond acceptors (Lipinski definition) is 4. The van der Waals surface area contributed by atoms with Crippen LogP contribution in [0.25, 0.3) is 0 Å². The van der Waals surface area contributed by atoms with E-state index in [0.717, 1.165) is 45.0 Å². The molecule has 0 aromatic heterocycles. The van der Waals surface area contributed by atoms with Crippen LogP contribution >= 0.6 is 0 Å². The normalized spacial score (nSPS) is 26.9. The average Bonchev–Trinajstić information content (AvgIpc) is 2.63. The van der Waals surface area contributed by atoms with E-state index in [2.05, 4.69) is 51.3 Å². The van der Waals surface area contributed by atoms with E-state index in [9.17, 15) is 0 Å². The molecule has 0 radical (unpaired) electrons. The van der Waals surface area contributed by atoms with Gasteiger partial charge in [0.15, 0.2) is 0 Å². The van der Waals surface area contributed by atoms with Crippen molar-refractivity contribution in [3.05, 3.63) is 0 Å². The highest BCUT2D eigenvalue weighted by molar-refractivity contribution is 4.95. The first-order chi connectivity index (χ1) is 10.6. The fraction of sp³-hybridized carbons (Fsp3) is 1.00. The van der Waals surface area contributed by atoms with Crippen molar-refractivity contribution in [1.29, 1.82) is 0 Å². The molecule has 4 nitrogen and oxygen atoms in total. The Kier molecular flexibility index (Phi) is 6.51. The van der Waals surface area contributed by atoms with Gasteiger partial charge in [-0.3, -0.25) is 9.80 Å². The molecule has 0 aliphatic carbocycles. The molecule has 23 heavy (non-hydrogen) atoms. The first-order valence-electron chi connectivity index (χ1n) is 9.34. The Morgan fingerprint density at radius 2 is 1.48 bits per heavy atom. The second-order valence-electron chi connectivity index (χ2n) is 9.46. The van der Waals surface area contributed by atoms with E-state index < -0.39 is 0 Å². The number of rotatable bonds is 7. The maximum Gasteiger partial charge on any atom is 0.0600 e. The van der Waals surface area contributed by atoms with Crippen LogP contribution in [0.4, 0.5) is 0 Å². The minimum Gasteiger partial charge on any atom is -0.380 e. The fourth-order valence-electron chi connectivity index (χ4n) is 3.65. The zero-order valence-electron chi connectivity index (χ0n) is 16.2. The molecule has 2 bridgehead atoms. The average molecular weight is 327 g/mol. The van der Waals surface area contributed by atoms with Crippen LogP contribution in [0, 0.1) is 5.41 Å². The highest BCUT2D eigenvalue weighted by Crippen LogP contribution is 2.29. The molecule has 0 amide bonds. The molecule has 2 saturated heterocycles. The van der Waals surface area contributed by atoms with Crippen molar-refractivity contribution in [3.8, 4) is 0 Å². The van der Waals surface area contributed by atoms with Crippen LogP contribution < -0.4 is 0 Å². The predicted octanol–water partition coefficient (Wildman–Crippen LogP) is 3.01. The molecule has 2 aliphatic heterocycles. The fourth-order valence-corrected chi connectivity index (χ4v) is 3.65. The van der Waals surface area contributed by atoms with Crippen LogP contribution in [-0.4, -0.2) is 73.5 Å². The molecule has 2 heterocycles. The Morgan fingerprint density at radius 1 is 0.870 bits per heavy atom. The molecule has 0 aromatic rings. The Balaban J connectivity index is 1.68. The Morgan fingerprint density at radius 3 is 2.00 bits per heavy atom. The maximum absolute atomic E-state index is 5.89. The molecule has 0 N–H and O–H groups in total. The molecule has 0 spiro atoms. The van der Waals surface area contributed by atoms with E-state index in [0.29, 0.717) is 0 Å². The minimum absolute atomic E-state index is 0.0226. The van der Waals surface area contributed by atoms with Crippen LogP contribution in [0.15, 0.2) is 0 Å². The molecule has 2 rings (SSSR count). The SMILES string of the molecule is CC(C)(C)COCCN1C2CCC1CN(CCOC(C)(C)C)C2. The van der Waals surface area contributed by atoms with Gasteiger partial charge in [0.2, 0.25) is 0 Å². The quantitative estimate of drug-likeness (QED) is 0.672. The summed E-state index contributed by atoms with van der Waals surface area (Å²) in [6.45, 7) is 20.2. The van der Waals surface area contributed by atoms with Crippen LogP contribution in [0.1, 0.15) is 54.4 Å². The molecule has 4 heteroatoms. The molecular weight excluding hydrogens is 288 g/mol. The van der Waals surface area contributed by atoms with Crippen molar-refractivity contribution in [2.45, 2.75) is 72.1 Å². The minimum atomic E-state index is -0.0226. The topological polar surface area (TPSA) is 24.9 Å². The number of likely N-dealkylation sites (tertiary alicyclic amines) is 1. The summed E-state index contributed by atoms with van der Waals surface area (Å²) < 4.78 is 11.8. The number of nitrogens with zero attached hydrogens (tertiary/aromatic N) is 2. The highest BCUT2D eigenvalue weighted by atomic mass is 16.5. The lowest BCUT2D eigenvalue weighted by Crippen LogP contribution is -2.55. The smallest absolute Gasteiger partial charge is 0.0600 e. The van der Waals surface area contributed by atoms with Crippen molar-refractivity contribution >= 4 is 0 Å². The van der Waals surface area contributed by atoms with Crippen molar-refractivity contribution in [2.24, 2.45) is 5.41 Å². The molecule has 0 aromatic carbocycles. The molecule has 2 aliphatic rings. The van der Waals surface area contributed by atoms with Crippen LogP contribution in [0.2, 0.25) is 0 Å². The third-order valence-electron chi connectivity index (χ3n) is 4.68. The van der Waals surface area contributed by atoms with Gasteiger partial charge in [-0.15, -0.1) is 0 Å². The second-order valence-corrected chi connectivity index (χ2v) is 9.46. The van der Waals surface area contributed by atoms with E-state index in [1.165, 1.54) is 25.9 Å². The van der Waals surface area contributed by atoms with Gasteiger partial charge in [-0.2, -0.15) is 0 Å². The number of ether oxygens (including phenoxy) is 2. The zero-order chi connectivity index (χ0) is 17.1. The number of piperazine rings is 1.